The van der Waals surface area contributed by atoms with Gasteiger partial charge in [0, 0.05) is 11.8 Å². The molecule has 0 radical (unpaired) electrons. The Morgan fingerprint density at radius 2 is 1.71 bits per heavy atom. The third kappa shape index (κ3) is 2.97. The van der Waals surface area contributed by atoms with Gasteiger partial charge in [0.15, 0.2) is 0 Å². The third-order valence-corrected chi connectivity index (χ3v) is 2.75. The van der Waals surface area contributed by atoms with Gasteiger partial charge in [-0.2, -0.15) is 0 Å². The fourth-order valence-corrected chi connectivity index (χ4v) is 1.67. The number of rotatable bonds is 4. The summed E-state index contributed by atoms with van der Waals surface area (Å²) in [6.45, 7) is 11.7. The van der Waals surface area contributed by atoms with E-state index in [0.717, 1.165) is 22.3 Å². The maximum absolute atomic E-state index is 5.73. The molecule has 1 aromatic carbocycles. The molecule has 0 amide bonds. The summed E-state index contributed by atoms with van der Waals surface area (Å²) in [5.74, 6) is 0. The Morgan fingerprint density at radius 1 is 1.12 bits per heavy atom. The molecule has 0 atom stereocenters. The van der Waals surface area contributed by atoms with Gasteiger partial charge in [-0.1, -0.05) is 55.1 Å². The Balaban J connectivity index is 3.30. The fourth-order valence-electron chi connectivity index (χ4n) is 1.67. The molecule has 0 fully saturated rings. The highest BCUT2D eigenvalue weighted by atomic mass is 14.5. The van der Waals surface area contributed by atoms with E-state index in [1.54, 1.807) is 6.20 Å². The minimum Gasteiger partial charge on any atom is -0.404 e. The van der Waals surface area contributed by atoms with Gasteiger partial charge in [0.05, 0.1) is 0 Å². The lowest BCUT2D eigenvalue weighted by Gasteiger charge is -2.11. The molecule has 1 aromatic rings. The van der Waals surface area contributed by atoms with Crippen LogP contribution in [0.25, 0.3) is 5.57 Å². The first kappa shape index (κ1) is 13.0. The predicted molar refractivity (Wildman–Crippen MR) is 76.4 cm³/mol. The second-order valence-corrected chi connectivity index (χ2v) is 3.95. The van der Waals surface area contributed by atoms with Gasteiger partial charge in [-0.25, -0.2) is 0 Å². The molecule has 88 valence electrons. The number of hydrogen-bond donors (Lipinski definition) is 1. The summed E-state index contributed by atoms with van der Waals surface area (Å²) in [6.07, 6.45) is 5.25. The molecule has 0 aromatic heterocycles. The van der Waals surface area contributed by atoms with Crippen LogP contribution in [0.3, 0.4) is 0 Å². The highest BCUT2D eigenvalue weighted by Gasteiger charge is 2.06. The van der Waals surface area contributed by atoms with Crippen LogP contribution < -0.4 is 5.73 Å². The van der Waals surface area contributed by atoms with Gasteiger partial charge < -0.3 is 5.73 Å². The average molecular weight is 225 g/mol. The van der Waals surface area contributed by atoms with Crippen LogP contribution in [0.15, 0.2) is 66.9 Å². The number of aryl methyl sites for hydroxylation is 1. The first-order valence-corrected chi connectivity index (χ1v) is 5.59. The van der Waals surface area contributed by atoms with Crippen LogP contribution in [0.2, 0.25) is 0 Å². The lowest BCUT2D eigenvalue weighted by Crippen LogP contribution is -1.94. The van der Waals surface area contributed by atoms with Crippen molar-refractivity contribution in [3.8, 4) is 0 Å². The van der Waals surface area contributed by atoms with Crippen LogP contribution in [0.4, 0.5) is 0 Å². The van der Waals surface area contributed by atoms with Gasteiger partial charge in [-0.15, -0.1) is 0 Å². The Morgan fingerprint density at radius 3 is 2.12 bits per heavy atom. The van der Waals surface area contributed by atoms with Crippen molar-refractivity contribution in [3.63, 3.8) is 0 Å². The summed E-state index contributed by atoms with van der Waals surface area (Å²) in [5.41, 5.74) is 11.1. The Hall–Kier alpha value is -2.02. The van der Waals surface area contributed by atoms with Crippen molar-refractivity contribution < 1.29 is 0 Å². The molecular formula is C16H19N. The van der Waals surface area contributed by atoms with E-state index >= 15 is 0 Å². The van der Waals surface area contributed by atoms with E-state index < -0.39 is 0 Å². The zero-order chi connectivity index (χ0) is 12.8. The van der Waals surface area contributed by atoms with Crippen molar-refractivity contribution in [1.29, 1.82) is 0 Å². The number of hydrogen-bond acceptors (Lipinski definition) is 1. The quantitative estimate of drug-likeness (QED) is 0.770. The Bertz CT molecular complexity index is 473. The van der Waals surface area contributed by atoms with E-state index in [-0.39, 0.29) is 0 Å². The van der Waals surface area contributed by atoms with Crippen LogP contribution in [0, 0.1) is 6.92 Å². The Labute approximate surface area is 104 Å². The lowest BCUT2D eigenvalue weighted by molar-refractivity contribution is 1.41. The summed E-state index contributed by atoms with van der Waals surface area (Å²) in [6, 6.07) is 8.27. The van der Waals surface area contributed by atoms with Gasteiger partial charge in [-0.05, 0) is 30.6 Å². The summed E-state index contributed by atoms with van der Waals surface area (Å²) >= 11 is 0. The zero-order valence-electron chi connectivity index (χ0n) is 10.5. The van der Waals surface area contributed by atoms with Crippen LogP contribution in [-0.4, -0.2) is 0 Å². The van der Waals surface area contributed by atoms with E-state index in [1.807, 2.05) is 19.1 Å². The first-order chi connectivity index (χ1) is 8.13. The number of nitrogens with two attached hydrogens (primary N) is 1. The molecule has 0 bridgehead atoms. The molecule has 17 heavy (non-hydrogen) atoms. The van der Waals surface area contributed by atoms with E-state index in [1.165, 1.54) is 5.56 Å². The van der Waals surface area contributed by atoms with Crippen LogP contribution in [0.1, 0.15) is 18.1 Å². The summed E-state index contributed by atoms with van der Waals surface area (Å²) < 4.78 is 0. The second-order valence-electron chi connectivity index (χ2n) is 3.95. The van der Waals surface area contributed by atoms with Gasteiger partial charge in [0.2, 0.25) is 0 Å². The molecule has 0 aliphatic carbocycles. The summed E-state index contributed by atoms with van der Waals surface area (Å²) in [5, 5.41) is 0. The van der Waals surface area contributed by atoms with Crippen molar-refractivity contribution in [2.45, 2.75) is 13.8 Å². The molecule has 0 heterocycles. The number of benzene rings is 1. The monoisotopic (exact) mass is 225 g/mol. The highest BCUT2D eigenvalue weighted by molar-refractivity contribution is 5.82. The minimum atomic E-state index is 0.984. The number of allylic oxidation sites excluding steroid dienone is 5. The average Bonchev–Trinajstić information content (AvgIpc) is 2.36. The van der Waals surface area contributed by atoms with Crippen LogP contribution in [-0.2, 0) is 0 Å². The van der Waals surface area contributed by atoms with Crippen molar-refractivity contribution in [1.82, 2.24) is 0 Å². The van der Waals surface area contributed by atoms with E-state index in [4.69, 9.17) is 5.73 Å². The SMILES string of the molecule is C=C/C(C)=C(C=C)/C(=C\N)c1ccc(C)cc1. The molecule has 0 aliphatic heterocycles. The smallest absolute Gasteiger partial charge is 0.00460 e. The van der Waals surface area contributed by atoms with Crippen molar-refractivity contribution >= 4 is 5.57 Å². The zero-order valence-corrected chi connectivity index (χ0v) is 10.5. The maximum Gasteiger partial charge on any atom is 0.00460 e. The lowest BCUT2D eigenvalue weighted by atomic mass is 9.94. The molecule has 0 aliphatic rings. The predicted octanol–water partition coefficient (Wildman–Crippen LogP) is 3.98. The summed E-state index contributed by atoms with van der Waals surface area (Å²) in [4.78, 5) is 0. The van der Waals surface area contributed by atoms with Gasteiger partial charge in [0.25, 0.3) is 0 Å². The molecule has 0 saturated heterocycles. The molecule has 0 unspecified atom stereocenters. The topological polar surface area (TPSA) is 26.0 Å². The second kappa shape index (κ2) is 5.90. The molecule has 1 rings (SSSR count). The molecule has 0 spiro atoms. The Kier molecular flexibility index (Phi) is 4.53. The van der Waals surface area contributed by atoms with E-state index in [2.05, 4.69) is 44.3 Å². The van der Waals surface area contributed by atoms with Gasteiger partial charge in [-0.3, -0.25) is 0 Å². The molecule has 1 nitrogen and oxygen atoms in total. The van der Waals surface area contributed by atoms with Crippen LogP contribution in [0.5, 0.6) is 0 Å². The highest BCUT2D eigenvalue weighted by Crippen LogP contribution is 2.26. The molecule has 0 saturated carbocycles. The third-order valence-electron chi connectivity index (χ3n) is 2.75. The molecule has 1 heteroatoms. The minimum absolute atomic E-state index is 0.984. The van der Waals surface area contributed by atoms with E-state index in [0.29, 0.717) is 0 Å². The fraction of sp³-hybridized carbons (Fsp3) is 0.125. The van der Waals surface area contributed by atoms with Crippen molar-refractivity contribution in [2.24, 2.45) is 5.73 Å². The summed E-state index contributed by atoms with van der Waals surface area (Å²) in [7, 11) is 0. The normalized spacial score (nSPS) is 12.9. The van der Waals surface area contributed by atoms with Crippen molar-refractivity contribution in [2.75, 3.05) is 0 Å². The largest absolute Gasteiger partial charge is 0.404 e. The van der Waals surface area contributed by atoms with Crippen molar-refractivity contribution in [3.05, 3.63) is 78.0 Å². The molecular weight excluding hydrogens is 206 g/mol. The molecule has 2 N–H and O–H groups in total. The maximum atomic E-state index is 5.73. The first-order valence-electron chi connectivity index (χ1n) is 5.59. The standard InChI is InChI=1S/C16H19N/c1-5-13(4)15(6-2)16(11-17)14-9-7-12(3)8-10-14/h5-11H,1-2,17H2,3-4H3/b15-13+,16-11-. The van der Waals surface area contributed by atoms with Gasteiger partial charge in [0.1, 0.15) is 0 Å². The van der Waals surface area contributed by atoms with Crippen LogP contribution >= 0.6 is 0 Å². The van der Waals surface area contributed by atoms with Gasteiger partial charge >= 0.3 is 0 Å². The van der Waals surface area contributed by atoms with E-state index in [9.17, 15) is 0 Å².